The summed E-state index contributed by atoms with van der Waals surface area (Å²) >= 11 is 0. The first-order chi connectivity index (χ1) is 6.81. The van der Waals surface area contributed by atoms with Crippen molar-refractivity contribution in [1.29, 1.82) is 0 Å². The molecule has 0 bridgehead atoms. The highest BCUT2D eigenvalue weighted by Gasteiger charge is 2.06. The van der Waals surface area contributed by atoms with E-state index in [1.54, 1.807) is 24.8 Å². The molecule has 0 fully saturated rings. The summed E-state index contributed by atoms with van der Waals surface area (Å²) in [4.78, 5) is 18.9. The first-order valence-corrected chi connectivity index (χ1v) is 4.19. The van der Waals surface area contributed by atoms with Crippen LogP contribution in [0, 0.1) is 0 Å². The van der Waals surface area contributed by atoms with Crippen LogP contribution in [0.25, 0.3) is 11.3 Å². The van der Waals surface area contributed by atoms with Gasteiger partial charge in [-0.1, -0.05) is 0 Å². The second-order valence-electron chi connectivity index (χ2n) is 3.01. The lowest BCUT2D eigenvalue weighted by molar-refractivity contribution is 0.112. The van der Waals surface area contributed by atoms with E-state index in [2.05, 4.69) is 9.97 Å². The molecule has 70 valence electrons. The highest BCUT2D eigenvalue weighted by molar-refractivity contribution is 5.85. The molecule has 4 heteroatoms. The third kappa shape index (κ3) is 1.42. The van der Waals surface area contributed by atoms with E-state index in [4.69, 9.17) is 0 Å². The minimum Gasteiger partial charge on any atom is -0.340 e. The molecule has 0 aliphatic carbocycles. The molecule has 0 radical (unpaired) electrons. The van der Waals surface area contributed by atoms with E-state index in [0.717, 1.165) is 17.5 Å². The van der Waals surface area contributed by atoms with Gasteiger partial charge in [-0.05, 0) is 6.07 Å². The summed E-state index contributed by atoms with van der Waals surface area (Å²) in [6.45, 7) is 0. The van der Waals surface area contributed by atoms with Gasteiger partial charge in [0, 0.05) is 36.8 Å². The molecule has 0 amide bonds. The number of pyridine rings is 1. The van der Waals surface area contributed by atoms with Gasteiger partial charge in [-0.15, -0.1) is 0 Å². The van der Waals surface area contributed by atoms with Gasteiger partial charge >= 0.3 is 0 Å². The molecule has 2 heterocycles. The van der Waals surface area contributed by atoms with Crippen molar-refractivity contribution in [2.24, 2.45) is 7.05 Å². The van der Waals surface area contributed by atoms with Crippen molar-refractivity contribution in [3.8, 4) is 11.3 Å². The molecule has 0 saturated carbocycles. The maximum atomic E-state index is 10.7. The summed E-state index contributed by atoms with van der Waals surface area (Å²) in [5, 5.41) is 0. The van der Waals surface area contributed by atoms with Gasteiger partial charge in [0.25, 0.3) is 0 Å². The fraction of sp³-hybridized carbons (Fsp3) is 0.100. The van der Waals surface area contributed by atoms with Crippen LogP contribution >= 0.6 is 0 Å². The predicted molar refractivity (Wildman–Crippen MR) is 51.8 cm³/mol. The quantitative estimate of drug-likeness (QED) is 0.665. The van der Waals surface area contributed by atoms with Crippen LogP contribution in [0.1, 0.15) is 10.4 Å². The summed E-state index contributed by atoms with van der Waals surface area (Å²) in [6, 6.07) is 1.68. The summed E-state index contributed by atoms with van der Waals surface area (Å²) in [5.74, 6) is 0. The number of carbonyl (C=O) groups is 1. The van der Waals surface area contributed by atoms with E-state index < -0.39 is 0 Å². The van der Waals surface area contributed by atoms with E-state index in [1.165, 1.54) is 0 Å². The summed E-state index contributed by atoms with van der Waals surface area (Å²) < 4.78 is 1.83. The van der Waals surface area contributed by atoms with Crippen molar-refractivity contribution in [1.82, 2.24) is 14.5 Å². The fourth-order valence-electron chi connectivity index (χ4n) is 1.27. The summed E-state index contributed by atoms with van der Waals surface area (Å²) in [5.41, 5.74) is 2.14. The van der Waals surface area contributed by atoms with Gasteiger partial charge in [-0.25, -0.2) is 4.98 Å². The largest absolute Gasteiger partial charge is 0.340 e. The van der Waals surface area contributed by atoms with Gasteiger partial charge in [-0.2, -0.15) is 0 Å². The number of imidazole rings is 1. The SMILES string of the molecule is Cn1cnc(-c2cnccc2C=O)c1. The Balaban J connectivity index is 2.55. The Bertz CT molecular complexity index is 462. The van der Waals surface area contributed by atoms with Crippen LogP contribution in [0.2, 0.25) is 0 Å². The molecule has 0 aliphatic heterocycles. The van der Waals surface area contributed by atoms with Crippen molar-refractivity contribution in [3.05, 3.63) is 36.5 Å². The van der Waals surface area contributed by atoms with Crippen LogP contribution < -0.4 is 0 Å². The molecular formula is C10H9N3O. The average Bonchev–Trinajstić information content (AvgIpc) is 2.65. The zero-order valence-corrected chi connectivity index (χ0v) is 7.71. The van der Waals surface area contributed by atoms with Gasteiger partial charge in [0.05, 0.1) is 12.0 Å². The van der Waals surface area contributed by atoms with E-state index in [0.29, 0.717) is 5.56 Å². The molecule has 14 heavy (non-hydrogen) atoms. The van der Waals surface area contributed by atoms with Gasteiger partial charge < -0.3 is 4.57 Å². The molecule has 2 aromatic heterocycles. The second-order valence-corrected chi connectivity index (χ2v) is 3.01. The maximum Gasteiger partial charge on any atom is 0.150 e. The van der Waals surface area contributed by atoms with Crippen molar-refractivity contribution in [2.75, 3.05) is 0 Å². The van der Waals surface area contributed by atoms with Gasteiger partial charge in [-0.3, -0.25) is 9.78 Å². The Morgan fingerprint density at radius 3 is 3.00 bits per heavy atom. The molecule has 4 nitrogen and oxygen atoms in total. The lowest BCUT2D eigenvalue weighted by atomic mass is 10.1. The van der Waals surface area contributed by atoms with Crippen LogP contribution in [0.3, 0.4) is 0 Å². The van der Waals surface area contributed by atoms with Crippen LogP contribution in [0.4, 0.5) is 0 Å². The zero-order chi connectivity index (χ0) is 9.97. The lowest BCUT2D eigenvalue weighted by Crippen LogP contribution is -1.88. The zero-order valence-electron chi connectivity index (χ0n) is 7.71. The van der Waals surface area contributed by atoms with Crippen LogP contribution in [0.5, 0.6) is 0 Å². The first kappa shape index (κ1) is 8.62. The van der Waals surface area contributed by atoms with Crippen molar-refractivity contribution >= 4 is 6.29 Å². The lowest BCUT2D eigenvalue weighted by Gasteiger charge is -1.98. The topological polar surface area (TPSA) is 47.8 Å². The fourth-order valence-corrected chi connectivity index (χ4v) is 1.27. The van der Waals surface area contributed by atoms with E-state index in [-0.39, 0.29) is 0 Å². The standard InChI is InChI=1S/C10H9N3O/c1-13-5-10(12-7-13)9-4-11-3-2-8(9)6-14/h2-7H,1H3. The van der Waals surface area contributed by atoms with Gasteiger partial charge in [0.2, 0.25) is 0 Å². The Labute approximate surface area is 81.2 Å². The van der Waals surface area contributed by atoms with Crippen LogP contribution in [-0.2, 0) is 7.05 Å². The summed E-state index contributed by atoms with van der Waals surface area (Å²) in [7, 11) is 1.88. The average molecular weight is 187 g/mol. The number of carbonyl (C=O) groups excluding carboxylic acids is 1. The molecule has 0 aliphatic rings. The molecule has 0 saturated heterocycles. The van der Waals surface area contributed by atoms with Crippen LogP contribution in [-0.4, -0.2) is 20.8 Å². The van der Waals surface area contributed by atoms with Gasteiger partial charge in [0.15, 0.2) is 6.29 Å². The Kier molecular flexibility index (Phi) is 2.10. The normalized spacial score (nSPS) is 10.1. The van der Waals surface area contributed by atoms with E-state index in [1.807, 2.05) is 17.8 Å². The minimum atomic E-state index is 0.610. The Morgan fingerprint density at radius 2 is 2.36 bits per heavy atom. The highest BCUT2D eigenvalue weighted by Crippen LogP contribution is 2.18. The van der Waals surface area contributed by atoms with E-state index >= 15 is 0 Å². The Morgan fingerprint density at radius 1 is 1.50 bits per heavy atom. The molecule has 2 aromatic rings. The molecule has 0 N–H and O–H groups in total. The second kappa shape index (κ2) is 3.41. The van der Waals surface area contributed by atoms with Crippen molar-refractivity contribution in [3.63, 3.8) is 0 Å². The number of hydrogen-bond acceptors (Lipinski definition) is 3. The van der Waals surface area contributed by atoms with Crippen molar-refractivity contribution in [2.45, 2.75) is 0 Å². The molecule has 0 atom stereocenters. The van der Waals surface area contributed by atoms with Gasteiger partial charge in [0.1, 0.15) is 0 Å². The molecule has 0 spiro atoms. The third-order valence-corrected chi connectivity index (χ3v) is 1.96. The predicted octanol–water partition coefficient (Wildman–Crippen LogP) is 1.29. The molecule has 2 rings (SSSR count). The molecule has 0 aromatic carbocycles. The Hall–Kier alpha value is -1.97. The smallest absolute Gasteiger partial charge is 0.150 e. The third-order valence-electron chi connectivity index (χ3n) is 1.96. The number of nitrogens with zero attached hydrogens (tertiary/aromatic N) is 3. The number of aromatic nitrogens is 3. The number of hydrogen-bond donors (Lipinski definition) is 0. The first-order valence-electron chi connectivity index (χ1n) is 4.19. The number of aryl methyl sites for hydroxylation is 1. The highest BCUT2D eigenvalue weighted by atomic mass is 16.1. The van der Waals surface area contributed by atoms with Crippen LogP contribution in [0.15, 0.2) is 31.0 Å². The monoisotopic (exact) mass is 187 g/mol. The van der Waals surface area contributed by atoms with E-state index in [9.17, 15) is 4.79 Å². The van der Waals surface area contributed by atoms with Crippen molar-refractivity contribution < 1.29 is 4.79 Å². The number of aldehydes is 1. The number of rotatable bonds is 2. The molecular weight excluding hydrogens is 178 g/mol. The molecule has 0 unspecified atom stereocenters. The maximum absolute atomic E-state index is 10.7. The minimum absolute atomic E-state index is 0.610. The summed E-state index contributed by atoms with van der Waals surface area (Å²) in [6.07, 6.45) is 7.59.